The van der Waals surface area contributed by atoms with Gasteiger partial charge in [-0.2, -0.15) is 0 Å². The molecule has 0 atom stereocenters. The van der Waals surface area contributed by atoms with Crippen LogP contribution in [0.4, 0.5) is 4.39 Å². The lowest BCUT2D eigenvalue weighted by Crippen LogP contribution is -2.58. The Morgan fingerprint density at radius 3 is 2.00 bits per heavy atom. The molecule has 3 fully saturated rings. The van der Waals surface area contributed by atoms with Crippen molar-refractivity contribution in [2.24, 2.45) is 23.7 Å². The number of hydrogen-bond acceptors (Lipinski definition) is 2. The minimum Gasteiger partial charge on any atom is -0.301 e. The molecule has 3 aliphatic rings. The second-order valence-electron chi connectivity index (χ2n) is 8.49. The summed E-state index contributed by atoms with van der Waals surface area (Å²) in [5.41, 5.74) is 0. The maximum atomic E-state index is 13.3. The molecule has 0 unspecified atom stereocenters. The molecule has 1 heterocycles. The number of hydrogen-bond donors (Lipinski definition) is 2. The second-order valence-corrected chi connectivity index (χ2v) is 8.49. The first kappa shape index (κ1) is 17.7. The lowest BCUT2D eigenvalue weighted by Gasteiger charge is -2.42. The Kier molecular flexibility index (Phi) is 6.76. The molecule has 1 saturated heterocycles. The Hall–Kier alpha value is -0.150. The SMILES string of the molecule is CCCCC1CCC(C2CNC(C3CCC(F)CC3)NC2)CC1. The zero-order valence-corrected chi connectivity index (χ0v) is 15.0. The highest BCUT2D eigenvalue weighted by Crippen LogP contribution is 2.36. The van der Waals surface area contributed by atoms with Crippen molar-refractivity contribution in [3.63, 3.8) is 0 Å². The maximum Gasteiger partial charge on any atom is 0.100 e. The van der Waals surface area contributed by atoms with Crippen molar-refractivity contribution in [2.75, 3.05) is 13.1 Å². The fourth-order valence-electron chi connectivity index (χ4n) is 5.22. The summed E-state index contributed by atoms with van der Waals surface area (Å²) in [5.74, 6) is 3.40. The van der Waals surface area contributed by atoms with Gasteiger partial charge in [0.15, 0.2) is 0 Å². The number of halogens is 1. The standard InChI is InChI=1S/C20H37FN2/c1-2-3-4-15-5-7-16(8-6-15)18-13-22-20(23-14-18)17-9-11-19(21)12-10-17/h15-20,22-23H,2-14H2,1H3. The molecule has 0 aromatic heterocycles. The van der Waals surface area contributed by atoms with E-state index in [1.807, 2.05) is 0 Å². The van der Waals surface area contributed by atoms with Gasteiger partial charge in [-0.1, -0.05) is 39.0 Å². The van der Waals surface area contributed by atoms with Crippen LogP contribution in [0.15, 0.2) is 0 Å². The van der Waals surface area contributed by atoms with E-state index in [4.69, 9.17) is 0 Å². The number of alkyl halides is 1. The van der Waals surface area contributed by atoms with E-state index in [1.54, 1.807) is 0 Å². The Bertz CT molecular complexity index is 325. The minimum atomic E-state index is -0.537. The zero-order chi connectivity index (χ0) is 16.1. The lowest BCUT2D eigenvalue weighted by molar-refractivity contribution is 0.113. The van der Waals surface area contributed by atoms with Gasteiger partial charge < -0.3 is 10.6 Å². The monoisotopic (exact) mass is 324 g/mol. The van der Waals surface area contributed by atoms with Gasteiger partial charge >= 0.3 is 0 Å². The molecule has 0 aromatic carbocycles. The van der Waals surface area contributed by atoms with Gasteiger partial charge in [0.1, 0.15) is 6.17 Å². The molecule has 0 radical (unpaired) electrons. The molecule has 2 N–H and O–H groups in total. The quantitative estimate of drug-likeness (QED) is 0.769. The predicted octanol–water partition coefficient (Wildman–Crippen LogP) is 4.65. The molecule has 23 heavy (non-hydrogen) atoms. The van der Waals surface area contributed by atoms with Crippen LogP contribution in [0.3, 0.4) is 0 Å². The molecular weight excluding hydrogens is 287 g/mol. The third-order valence-corrected chi connectivity index (χ3v) is 6.90. The fraction of sp³-hybridized carbons (Fsp3) is 1.00. The van der Waals surface area contributed by atoms with Crippen LogP contribution in [-0.4, -0.2) is 25.4 Å². The van der Waals surface area contributed by atoms with Crippen molar-refractivity contribution in [2.45, 2.75) is 89.9 Å². The van der Waals surface area contributed by atoms with E-state index in [0.717, 1.165) is 43.4 Å². The number of nitrogens with one attached hydrogen (secondary N) is 2. The summed E-state index contributed by atoms with van der Waals surface area (Å²) in [6.07, 6.45) is 13.6. The van der Waals surface area contributed by atoms with Crippen LogP contribution in [0.5, 0.6) is 0 Å². The fourth-order valence-corrected chi connectivity index (χ4v) is 5.22. The van der Waals surface area contributed by atoms with Crippen molar-refractivity contribution in [3.05, 3.63) is 0 Å². The topological polar surface area (TPSA) is 24.1 Å². The molecular formula is C20H37FN2. The van der Waals surface area contributed by atoms with Gasteiger partial charge in [0.2, 0.25) is 0 Å². The summed E-state index contributed by atoms with van der Waals surface area (Å²) in [6, 6.07) is 0. The van der Waals surface area contributed by atoms with E-state index < -0.39 is 6.17 Å². The van der Waals surface area contributed by atoms with E-state index in [2.05, 4.69) is 17.6 Å². The first-order valence-corrected chi connectivity index (χ1v) is 10.4. The van der Waals surface area contributed by atoms with Gasteiger partial charge in [-0.3, -0.25) is 0 Å². The summed E-state index contributed by atoms with van der Waals surface area (Å²) >= 11 is 0. The molecule has 3 rings (SSSR count). The largest absolute Gasteiger partial charge is 0.301 e. The van der Waals surface area contributed by atoms with E-state index in [-0.39, 0.29) is 0 Å². The molecule has 134 valence electrons. The third kappa shape index (κ3) is 4.92. The van der Waals surface area contributed by atoms with Crippen molar-refractivity contribution < 1.29 is 4.39 Å². The smallest absolute Gasteiger partial charge is 0.100 e. The molecule has 0 bridgehead atoms. The molecule has 3 heteroatoms. The number of rotatable bonds is 5. The average Bonchev–Trinajstić information content (AvgIpc) is 2.61. The summed E-state index contributed by atoms with van der Waals surface area (Å²) in [5, 5.41) is 7.53. The summed E-state index contributed by atoms with van der Waals surface area (Å²) in [6.45, 7) is 4.66. The van der Waals surface area contributed by atoms with E-state index in [0.29, 0.717) is 12.1 Å². The Balaban J connectivity index is 1.36. The maximum absolute atomic E-state index is 13.3. The lowest BCUT2D eigenvalue weighted by atomic mass is 9.73. The van der Waals surface area contributed by atoms with E-state index in [1.165, 1.54) is 58.0 Å². The van der Waals surface area contributed by atoms with Crippen LogP contribution >= 0.6 is 0 Å². The van der Waals surface area contributed by atoms with Gasteiger partial charge in [0.25, 0.3) is 0 Å². The van der Waals surface area contributed by atoms with Gasteiger partial charge in [-0.25, -0.2) is 4.39 Å². The Morgan fingerprint density at radius 2 is 1.39 bits per heavy atom. The average molecular weight is 325 g/mol. The van der Waals surface area contributed by atoms with Crippen LogP contribution in [0.2, 0.25) is 0 Å². The zero-order valence-electron chi connectivity index (χ0n) is 15.0. The van der Waals surface area contributed by atoms with Crippen LogP contribution in [0.1, 0.15) is 77.6 Å². The van der Waals surface area contributed by atoms with E-state index >= 15 is 0 Å². The van der Waals surface area contributed by atoms with Crippen molar-refractivity contribution in [1.82, 2.24) is 10.6 Å². The van der Waals surface area contributed by atoms with Gasteiger partial charge in [-0.05, 0) is 62.2 Å². The van der Waals surface area contributed by atoms with Crippen LogP contribution in [-0.2, 0) is 0 Å². The highest BCUT2D eigenvalue weighted by molar-refractivity contribution is 4.89. The molecule has 0 amide bonds. The van der Waals surface area contributed by atoms with Crippen molar-refractivity contribution >= 4 is 0 Å². The number of unbranched alkanes of at least 4 members (excludes halogenated alkanes) is 1. The second kappa shape index (κ2) is 8.80. The summed E-state index contributed by atoms with van der Waals surface area (Å²) in [7, 11) is 0. The molecule has 2 nitrogen and oxygen atoms in total. The third-order valence-electron chi connectivity index (χ3n) is 6.90. The molecule has 2 aliphatic carbocycles. The first-order valence-electron chi connectivity index (χ1n) is 10.4. The van der Waals surface area contributed by atoms with Gasteiger partial charge in [0, 0.05) is 13.1 Å². The molecule has 1 aliphatic heterocycles. The van der Waals surface area contributed by atoms with Gasteiger partial charge in [0.05, 0.1) is 6.17 Å². The minimum absolute atomic E-state index is 0.444. The van der Waals surface area contributed by atoms with Crippen LogP contribution in [0, 0.1) is 23.7 Å². The van der Waals surface area contributed by atoms with Crippen LogP contribution < -0.4 is 10.6 Å². The molecule has 0 spiro atoms. The summed E-state index contributed by atoms with van der Waals surface area (Å²) in [4.78, 5) is 0. The van der Waals surface area contributed by atoms with E-state index in [9.17, 15) is 4.39 Å². The van der Waals surface area contributed by atoms with Crippen molar-refractivity contribution in [3.8, 4) is 0 Å². The normalized spacial score (nSPS) is 42.5. The van der Waals surface area contributed by atoms with Crippen molar-refractivity contribution in [1.29, 1.82) is 0 Å². The molecule has 2 saturated carbocycles. The highest BCUT2D eigenvalue weighted by Gasteiger charge is 2.34. The Labute approximate surface area is 142 Å². The highest BCUT2D eigenvalue weighted by atomic mass is 19.1. The predicted molar refractivity (Wildman–Crippen MR) is 95.1 cm³/mol. The summed E-state index contributed by atoms with van der Waals surface area (Å²) < 4.78 is 13.3. The first-order chi connectivity index (χ1) is 11.3. The van der Waals surface area contributed by atoms with Gasteiger partial charge in [-0.15, -0.1) is 0 Å². The molecule has 0 aromatic rings. The Morgan fingerprint density at radius 1 is 0.783 bits per heavy atom. The van der Waals surface area contributed by atoms with Crippen LogP contribution in [0.25, 0.3) is 0 Å².